The third kappa shape index (κ3) is 2.88. The number of rotatable bonds is 3. The zero-order chi connectivity index (χ0) is 13.2. The second-order valence-corrected chi connectivity index (χ2v) is 4.67. The predicted molar refractivity (Wildman–Crippen MR) is 71.0 cm³/mol. The summed E-state index contributed by atoms with van der Waals surface area (Å²) in [6, 6.07) is 2.00. The Morgan fingerprint density at radius 2 is 1.94 bits per heavy atom. The third-order valence-electron chi connectivity index (χ3n) is 2.60. The predicted octanol–water partition coefficient (Wildman–Crippen LogP) is 3.45. The molecular formula is C13H15BrO3. The summed E-state index contributed by atoms with van der Waals surface area (Å²) in [7, 11) is 1.47. The summed E-state index contributed by atoms with van der Waals surface area (Å²) in [5, 5.41) is 8.81. The van der Waals surface area contributed by atoms with E-state index in [1.54, 1.807) is 0 Å². The number of halogens is 1. The summed E-state index contributed by atoms with van der Waals surface area (Å²) in [5.74, 6) is -0.648. The third-order valence-corrected chi connectivity index (χ3v) is 3.82. The van der Waals surface area contributed by atoms with E-state index < -0.39 is 5.97 Å². The summed E-state index contributed by atoms with van der Waals surface area (Å²) in [5.41, 5.74) is 3.93. The van der Waals surface area contributed by atoms with E-state index in [2.05, 4.69) is 15.9 Å². The van der Waals surface area contributed by atoms with Crippen LogP contribution in [0.5, 0.6) is 0 Å². The molecular weight excluding hydrogens is 284 g/mol. The molecule has 0 atom stereocenters. The highest BCUT2D eigenvalue weighted by Gasteiger charge is 2.14. The van der Waals surface area contributed by atoms with E-state index in [0.29, 0.717) is 5.76 Å². The summed E-state index contributed by atoms with van der Waals surface area (Å²) < 4.78 is 6.14. The lowest BCUT2D eigenvalue weighted by molar-refractivity contribution is -0.131. The van der Waals surface area contributed by atoms with Gasteiger partial charge in [0.1, 0.15) is 5.76 Å². The monoisotopic (exact) mass is 298 g/mol. The maximum absolute atomic E-state index is 10.7. The highest BCUT2D eigenvalue weighted by Crippen LogP contribution is 2.31. The van der Waals surface area contributed by atoms with Gasteiger partial charge in [0.2, 0.25) is 0 Å². The molecule has 0 heterocycles. The first-order chi connectivity index (χ1) is 7.88. The fraction of sp³-hybridized carbons (Fsp3) is 0.308. The van der Waals surface area contributed by atoms with Crippen LogP contribution in [0.2, 0.25) is 0 Å². The van der Waals surface area contributed by atoms with E-state index in [9.17, 15) is 4.79 Å². The van der Waals surface area contributed by atoms with E-state index >= 15 is 0 Å². The molecule has 0 radical (unpaired) electrons. The van der Waals surface area contributed by atoms with Crippen LogP contribution in [0.3, 0.4) is 0 Å². The molecule has 0 spiro atoms. The molecule has 0 bridgehead atoms. The molecule has 1 rings (SSSR count). The number of carboxylic acid groups (broad SMARTS) is 1. The molecule has 0 saturated heterocycles. The fourth-order valence-electron chi connectivity index (χ4n) is 1.89. The molecule has 0 saturated carbocycles. The Hall–Kier alpha value is -1.29. The Morgan fingerprint density at radius 1 is 1.35 bits per heavy atom. The van der Waals surface area contributed by atoms with E-state index in [4.69, 9.17) is 9.84 Å². The minimum atomic E-state index is -1.02. The van der Waals surface area contributed by atoms with Gasteiger partial charge in [-0.25, -0.2) is 4.79 Å². The summed E-state index contributed by atoms with van der Waals surface area (Å²) in [6.45, 7) is 5.88. The van der Waals surface area contributed by atoms with Gasteiger partial charge in [-0.1, -0.05) is 22.0 Å². The standard InChI is InChI=1S/C13H15BrO3/c1-7-5-8(2)13(14)9(3)12(7)10(17-4)6-11(15)16/h5-6H,1-4H3,(H,15,16)/b10-6-. The lowest BCUT2D eigenvalue weighted by atomic mass is 9.98. The molecule has 0 aromatic heterocycles. The van der Waals surface area contributed by atoms with Crippen molar-refractivity contribution < 1.29 is 14.6 Å². The Bertz CT molecular complexity index is 490. The van der Waals surface area contributed by atoms with Crippen molar-refractivity contribution in [2.45, 2.75) is 20.8 Å². The van der Waals surface area contributed by atoms with Crippen LogP contribution >= 0.6 is 15.9 Å². The quantitative estimate of drug-likeness (QED) is 0.687. The van der Waals surface area contributed by atoms with Crippen LogP contribution in [0.25, 0.3) is 5.76 Å². The molecule has 0 aliphatic carbocycles. The van der Waals surface area contributed by atoms with Crippen molar-refractivity contribution in [3.05, 3.63) is 38.9 Å². The number of aryl methyl sites for hydroxylation is 2. The molecule has 0 aliphatic heterocycles. The average Bonchev–Trinajstić information content (AvgIpc) is 2.24. The van der Waals surface area contributed by atoms with Crippen LogP contribution in [-0.4, -0.2) is 18.2 Å². The zero-order valence-electron chi connectivity index (χ0n) is 10.3. The maximum Gasteiger partial charge on any atom is 0.332 e. The summed E-state index contributed by atoms with van der Waals surface area (Å²) in [4.78, 5) is 10.7. The van der Waals surface area contributed by atoms with E-state index in [-0.39, 0.29) is 0 Å². The number of carboxylic acids is 1. The molecule has 0 unspecified atom stereocenters. The van der Waals surface area contributed by atoms with Crippen molar-refractivity contribution in [1.82, 2.24) is 0 Å². The number of aliphatic carboxylic acids is 1. The van der Waals surface area contributed by atoms with Crippen molar-refractivity contribution in [3.8, 4) is 0 Å². The number of methoxy groups -OCH3 is 1. The van der Waals surface area contributed by atoms with Crippen molar-refractivity contribution in [2.75, 3.05) is 7.11 Å². The normalized spacial score (nSPS) is 11.5. The first-order valence-corrected chi connectivity index (χ1v) is 5.93. The molecule has 1 aromatic carbocycles. The molecule has 0 aliphatic rings. The minimum Gasteiger partial charge on any atom is -0.496 e. The zero-order valence-corrected chi connectivity index (χ0v) is 11.9. The molecule has 1 N–H and O–H groups in total. The SMILES string of the molecule is CO/C(=C\C(=O)O)c1c(C)cc(C)c(Br)c1C. The Balaban J connectivity index is 3.50. The number of hydrogen-bond donors (Lipinski definition) is 1. The maximum atomic E-state index is 10.7. The van der Waals surface area contributed by atoms with Gasteiger partial charge in [-0.2, -0.15) is 0 Å². The first kappa shape index (κ1) is 13.8. The Kier molecular flexibility index (Phi) is 4.34. The molecule has 1 aromatic rings. The highest BCUT2D eigenvalue weighted by molar-refractivity contribution is 9.10. The fourth-order valence-corrected chi connectivity index (χ4v) is 2.20. The van der Waals surface area contributed by atoms with Gasteiger partial charge in [0.05, 0.1) is 13.2 Å². The number of benzene rings is 1. The molecule has 4 heteroatoms. The van der Waals surface area contributed by atoms with Gasteiger partial charge in [-0.3, -0.25) is 0 Å². The van der Waals surface area contributed by atoms with Gasteiger partial charge in [0, 0.05) is 10.0 Å². The van der Waals surface area contributed by atoms with Gasteiger partial charge < -0.3 is 9.84 Å². The Labute approximate surface area is 109 Å². The largest absolute Gasteiger partial charge is 0.496 e. The second-order valence-electron chi connectivity index (χ2n) is 3.88. The molecule has 0 fully saturated rings. The number of ether oxygens (including phenoxy) is 1. The lowest BCUT2D eigenvalue weighted by Gasteiger charge is -2.15. The van der Waals surface area contributed by atoms with Gasteiger partial charge in [0.25, 0.3) is 0 Å². The molecule has 0 amide bonds. The highest BCUT2D eigenvalue weighted by atomic mass is 79.9. The second kappa shape index (κ2) is 5.36. The minimum absolute atomic E-state index is 0.369. The Morgan fingerprint density at radius 3 is 2.41 bits per heavy atom. The molecule has 3 nitrogen and oxygen atoms in total. The topological polar surface area (TPSA) is 46.5 Å². The number of hydrogen-bond acceptors (Lipinski definition) is 2. The molecule has 92 valence electrons. The smallest absolute Gasteiger partial charge is 0.332 e. The molecule has 17 heavy (non-hydrogen) atoms. The van der Waals surface area contributed by atoms with Crippen molar-refractivity contribution in [1.29, 1.82) is 0 Å². The van der Waals surface area contributed by atoms with Crippen molar-refractivity contribution in [3.63, 3.8) is 0 Å². The van der Waals surface area contributed by atoms with Crippen LogP contribution in [0.1, 0.15) is 22.3 Å². The first-order valence-electron chi connectivity index (χ1n) is 5.13. The van der Waals surface area contributed by atoms with Crippen LogP contribution in [0, 0.1) is 20.8 Å². The van der Waals surface area contributed by atoms with Crippen molar-refractivity contribution >= 4 is 27.7 Å². The van der Waals surface area contributed by atoms with Crippen LogP contribution in [0.4, 0.5) is 0 Å². The van der Waals surface area contributed by atoms with Gasteiger partial charge in [0.15, 0.2) is 0 Å². The van der Waals surface area contributed by atoms with Gasteiger partial charge in [-0.15, -0.1) is 0 Å². The lowest BCUT2D eigenvalue weighted by Crippen LogP contribution is -2.01. The summed E-state index contributed by atoms with van der Waals surface area (Å²) in [6.07, 6.45) is 1.08. The van der Waals surface area contributed by atoms with E-state index in [0.717, 1.165) is 32.8 Å². The van der Waals surface area contributed by atoms with Crippen LogP contribution in [0.15, 0.2) is 16.6 Å². The van der Waals surface area contributed by atoms with Gasteiger partial charge >= 0.3 is 5.97 Å². The average molecular weight is 299 g/mol. The summed E-state index contributed by atoms with van der Waals surface area (Å²) >= 11 is 3.50. The van der Waals surface area contributed by atoms with Gasteiger partial charge in [-0.05, 0) is 37.5 Å². The van der Waals surface area contributed by atoms with E-state index in [1.165, 1.54) is 7.11 Å². The van der Waals surface area contributed by atoms with Crippen LogP contribution in [-0.2, 0) is 9.53 Å². The van der Waals surface area contributed by atoms with Crippen LogP contribution < -0.4 is 0 Å². The van der Waals surface area contributed by atoms with E-state index in [1.807, 2.05) is 26.8 Å². The number of carbonyl (C=O) groups is 1. The van der Waals surface area contributed by atoms with Crippen molar-refractivity contribution in [2.24, 2.45) is 0 Å².